The molecule has 2 aromatic carbocycles. The van der Waals surface area contributed by atoms with Crippen LogP contribution in [0.1, 0.15) is 34.0 Å². The number of carbonyl (C=O) groups excluding carboxylic acids is 1. The second-order valence-corrected chi connectivity index (χ2v) is 7.39. The standard InChI is InChI=1S/C21H23N3OS/c1-5-24-20(17-8-6-7-14(2)12-17)22-23-21(24)26-13-19(25)18-10-9-15(3)11-16(18)4/h6-12H,5,13H2,1-4H3. The van der Waals surface area contributed by atoms with Gasteiger partial charge in [0.25, 0.3) is 0 Å². The summed E-state index contributed by atoms with van der Waals surface area (Å²) in [7, 11) is 0. The maximum absolute atomic E-state index is 12.6. The van der Waals surface area contributed by atoms with Gasteiger partial charge in [0.2, 0.25) is 0 Å². The summed E-state index contributed by atoms with van der Waals surface area (Å²) in [5, 5.41) is 9.46. The van der Waals surface area contributed by atoms with Gasteiger partial charge in [-0.15, -0.1) is 10.2 Å². The van der Waals surface area contributed by atoms with Crippen LogP contribution in [0.15, 0.2) is 47.6 Å². The maximum atomic E-state index is 12.6. The monoisotopic (exact) mass is 365 g/mol. The van der Waals surface area contributed by atoms with E-state index in [1.807, 2.05) is 44.2 Å². The zero-order valence-electron chi connectivity index (χ0n) is 15.6. The first-order chi connectivity index (χ1) is 12.5. The number of benzene rings is 2. The number of aryl methyl sites for hydroxylation is 3. The first-order valence-electron chi connectivity index (χ1n) is 8.73. The van der Waals surface area contributed by atoms with Crippen LogP contribution in [-0.4, -0.2) is 26.3 Å². The Kier molecular flexibility index (Phi) is 5.57. The molecular formula is C21H23N3OS. The van der Waals surface area contributed by atoms with Crippen molar-refractivity contribution < 1.29 is 4.79 Å². The Bertz CT molecular complexity index is 946. The van der Waals surface area contributed by atoms with Gasteiger partial charge >= 0.3 is 0 Å². The fraction of sp³-hybridized carbons (Fsp3) is 0.286. The summed E-state index contributed by atoms with van der Waals surface area (Å²) in [5.41, 5.74) is 5.21. The second-order valence-electron chi connectivity index (χ2n) is 6.45. The number of thioether (sulfide) groups is 1. The average molecular weight is 366 g/mol. The van der Waals surface area contributed by atoms with Crippen molar-refractivity contribution in [2.45, 2.75) is 39.4 Å². The van der Waals surface area contributed by atoms with Crippen molar-refractivity contribution in [1.29, 1.82) is 0 Å². The first kappa shape index (κ1) is 18.4. The van der Waals surface area contributed by atoms with Gasteiger partial charge in [0.1, 0.15) is 0 Å². The third-order valence-corrected chi connectivity index (χ3v) is 5.29. The Balaban J connectivity index is 1.79. The highest BCUT2D eigenvalue weighted by molar-refractivity contribution is 7.99. The SMILES string of the molecule is CCn1c(SCC(=O)c2ccc(C)cc2C)nnc1-c1cccc(C)c1. The predicted octanol–water partition coefficient (Wildman–Crippen LogP) is 4.87. The van der Waals surface area contributed by atoms with E-state index in [4.69, 9.17) is 0 Å². The van der Waals surface area contributed by atoms with E-state index in [-0.39, 0.29) is 5.78 Å². The minimum absolute atomic E-state index is 0.121. The van der Waals surface area contributed by atoms with Gasteiger partial charge in [-0.2, -0.15) is 0 Å². The molecule has 0 aliphatic carbocycles. The highest BCUT2D eigenvalue weighted by Gasteiger charge is 2.16. The van der Waals surface area contributed by atoms with E-state index in [0.29, 0.717) is 5.75 Å². The van der Waals surface area contributed by atoms with Crippen molar-refractivity contribution in [1.82, 2.24) is 14.8 Å². The van der Waals surface area contributed by atoms with Crippen molar-refractivity contribution >= 4 is 17.5 Å². The van der Waals surface area contributed by atoms with Crippen LogP contribution < -0.4 is 0 Å². The van der Waals surface area contributed by atoms with Gasteiger partial charge in [0, 0.05) is 17.7 Å². The molecule has 1 heterocycles. The van der Waals surface area contributed by atoms with Gasteiger partial charge in [-0.05, 0) is 39.3 Å². The lowest BCUT2D eigenvalue weighted by Crippen LogP contribution is -2.07. The number of ketones is 1. The molecule has 134 valence electrons. The lowest BCUT2D eigenvalue weighted by atomic mass is 10.0. The van der Waals surface area contributed by atoms with Crippen LogP contribution in [0.25, 0.3) is 11.4 Å². The molecule has 0 atom stereocenters. The Morgan fingerprint density at radius 3 is 2.50 bits per heavy atom. The number of rotatable bonds is 6. The normalized spacial score (nSPS) is 10.9. The summed E-state index contributed by atoms with van der Waals surface area (Å²) >= 11 is 1.45. The summed E-state index contributed by atoms with van der Waals surface area (Å²) in [6.45, 7) is 8.91. The van der Waals surface area contributed by atoms with Crippen LogP contribution in [-0.2, 0) is 6.54 Å². The molecule has 1 aromatic heterocycles. The molecule has 0 aliphatic rings. The van der Waals surface area contributed by atoms with Gasteiger partial charge in [0.15, 0.2) is 16.8 Å². The Hall–Kier alpha value is -2.40. The minimum atomic E-state index is 0.121. The number of Topliss-reactive ketones (excluding diaryl/α,β-unsaturated/α-hetero) is 1. The number of nitrogens with zero attached hydrogens (tertiary/aromatic N) is 3. The summed E-state index contributed by atoms with van der Waals surface area (Å²) in [4.78, 5) is 12.6. The number of aromatic nitrogens is 3. The molecule has 0 radical (unpaired) electrons. The predicted molar refractivity (Wildman–Crippen MR) is 107 cm³/mol. The molecule has 0 bridgehead atoms. The molecule has 0 fully saturated rings. The molecule has 3 aromatic rings. The van der Waals surface area contributed by atoms with Gasteiger partial charge in [0.05, 0.1) is 5.75 Å². The minimum Gasteiger partial charge on any atom is -0.302 e. The lowest BCUT2D eigenvalue weighted by Gasteiger charge is -2.08. The highest BCUT2D eigenvalue weighted by atomic mass is 32.2. The van der Waals surface area contributed by atoms with Crippen LogP contribution in [0.2, 0.25) is 0 Å². The van der Waals surface area contributed by atoms with Crippen LogP contribution in [0.3, 0.4) is 0 Å². The Labute approximate surface area is 158 Å². The molecule has 5 heteroatoms. The lowest BCUT2D eigenvalue weighted by molar-refractivity contribution is 0.102. The van der Waals surface area contributed by atoms with E-state index < -0.39 is 0 Å². The van der Waals surface area contributed by atoms with Crippen LogP contribution in [0.4, 0.5) is 0 Å². The van der Waals surface area contributed by atoms with Crippen LogP contribution in [0, 0.1) is 20.8 Å². The number of hydrogen-bond donors (Lipinski definition) is 0. The summed E-state index contributed by atoms with van der Waals surface area (Å²) < 4.78 is 2.06. The van der Waals surface area contributed by atoms with Crippen molar-refractivity contribution in [3.63, 3.8) is 0 Å². The topological polar surface area (TPSA) is 47.8 Å². The van der Waals surface area contributed by atoms with E-state index >= 15 is 0 Å². The zero-order chi connectivity index (χ0) is 18.7. The average Bonchev–Trinajstić information content (AvgIpc) is 3.02. The summed E-state index contributed by atoms with van der Waals surface area (Å²) in [6.07, 6.45) is 0. The third kappa shape index (κ3) is 3.88. The van der Waals surface area contributed by atoms with E-state index in [1.54, 1.807) is 0 Å². The van der Waals surface area contributed by atoms with Crippen molar-refractivity contribution in [3.05, 3.63) is 64.7 Å². The highest BCUT2D eigenvalue weighted by Crippen LogP contribution is 2.25. The summed E-state index contributed by atoms with van der Waals surface area (Å²) in [6, 6.07) is 14.2. The molecule has 0 N–H and O–H groups in total. The molecule has 0 spiro atoms. The molecular weight excluding hydrogens is 342 g/mol. The quantitative estimate of drug-likeness (QED) is 0.462. The largest absolute Gasteiger partial charge is 0.302 e. The first-order valence-corrected chi connectivity index (χ1v) is 9.71. The molecule has 0 saturated carbocycles. The number of carbonyl (C=O) groups is 1. The molecule has 0 amide bonds. The fourth-order valence-corrected chi connectivity index (χ4v) is 3.90. The smallest absolute Gasteiger partial charge is 0.191 e. The summed E-state index contributed by atoms with van der Waals surface area (Å²) in [5.74, 6) is 1.32. The Morgan fingerprint density at radius 2 is 1.81 bits per heavy atom. The molecule has 3 rings (SSSR count). The molecule has 4 nitrogen and oxygen atoms in total. The second kappa shape index (κ2) is 7.87. The zero-order valence-corrected chi connectivity index (χ0v) is 16.4. The van der Waals surface area contributed by atoms with E-state index in [9.17, 15) is 4.79 Å². The molecule has 0 saturated heterocycles. The van der Waals surface area contributed by atoms with Crippen LogP contribution in [0.5, 0.6) is 0 Å². The molecule has 0 unspecified atom stereocenters. The van der Waals surface area contributed by atoms with E-state index in [2.05, 4.69) is 40.7 Å². The molecule has 26 heavy (non-hydrogen) atoms. The van der Waals surface area contributed by atoms with Crippen molar-refractivity contribution in [3.8, 4) is 11.4 Å². The van der Waals surface area contributed by atoms with E-state index in [1.165, 1.54) is 22.9 Å². The van der Waals surface area contributed by atoms with Crippen molar-refractivity contribution in [2.75, 3.05) is 5.75 Å². The van der Waals surface area contributed by atoms with Gasteiger partial charge in [-0.3, -0.25) is 4.79 Å². The third-order valence-electron chi connectivity index (χ3n) is 4.32. The van der Waals surface area contributed by atoms with Crippen molar-refractivity contribution in [2.24, 2.45) is 0 Å². The van der Waals surface area contributed by atoms with E-state index in [0.717, 1.165) is 34.2 Å². The fourth-order valence-electron chi connectivity index (χ4n) is 3.01. The van der Waals surface area contributed by atoms with Crippen LogP contribution >= 0.6 is 11.8 Å². The van der Waals surface area contributed by atoms with Gasteiger partial charge in [-0.1, -0.05) is 59.3 Å². The molecule has 0 aliphatic heterocycles. The number of hydrogen-bond acceptors (Lipinski definition) is 4. The Morgan fingerprint density at radius 1 is 1.04 bits per heavy atom. The van der Waals surface area contributed by atoms with Gasteiger partial charge in [-0.25, -0.2) is 0 Å². The maximum Gasteiger partial charge on any atom is 0.191 e. The van der Waals surface area contributed by atoms with Gasteiger partial charge < -0.3 is 4.57 Å².